The number of rotatable bonds is 7. The number of ether oxygens (including phenoxy) is 2. The van der Waals surface area contributed by atoms with Gasteiger partial charge in [-0.25, -0.2) is 5.43 Å². The molecule has 1 aromatic heterocycles. The average Bonchev–Trinajstić information content (AvgIpc) is 3.24. The van der Waals surface area contributed by atoms with Gasteiger partial charge in [0.1, 0.15) is 5.69 Å². The van der Waals surface area contributed by atoms with Crippen molar-refractivity contribution in [1.82, 2.24) is 15.6 Å². The van der Waals surface area contributed by atoms with E-state index in [9.17, 15) is 4.79 Å². The summed E-state index contributed by atoms with van der Waals surface area (Å²) in [6.45, 7) is 4.29. The van der Waals surface area contributed by atoms with Gasteiger partial charge in [-0.2, -0.15) is 10.2 Å². The highest BCUT2D eigenvalue weighted by Crippen LogP contribution is 2.31. The van der Waals surface area contributed by atoms with Crippen molar-refractivity contribution < 1.29 is 14.3 Å². The van der Waals surface area contributed by atoms with E-state index >= 15 is 0 Å². The van der Waals surface area contributed by atoms with Gasteiger partial charge >= 0.3 is 0 Å². The minimum absolute atomic E-state index is 0.307. The molecule has 7 nitrogen and oxygen atoms in total. The Morgan fingerprint density at radius 3 is 2.45 bits per heavy atom. The minimum Gasteiger partial charge on any atom is -0.493 e. The van der Waals surface area contributed by atoms with Crippen molar-refractivity contribution in [3.63, 3.8) is 0 Å². The summed E-state index contributed by atoms with van der Waals surface area (Å²) in [6, 6.07) is 15.1. The fourth-order valence-corrected chi connectivity index (χ4v) is 2.77. The molecule has 0 aliphatic rings. The molecule has 0 unspecified atom stereocenters. The first kappa shape index (κ1) is 20.1. The topological polar surface area (TPSA) is 88.6 Å². The summed E-state index contributed by atoms with van der Waals surface area (Å²) in [4.78, 5) is 12.3. The Morgan fingerprint density at radius 1 is 1.07 bits per heavy atom. The summed E-state index contributed by atoms with van der Waals surface area (Å²) in [6.07, 6.45) is 1.60. The van der Waals surface area contributed by atoms with Crippen molar-refractivity contribution in [1.29, 1.82) is 0 Å². The van der Waals surface area contributed by atoms with Crippen molar-refractivity contribution in [2.45, 2.75) is 19.8 Å². The van der Waals surface area contributed by atoms with Crippen LogP contribution in [-0.4, -0.2) is 36.5 Å². The van der Waals surface area contributed by atoms with Crippen LogP contribution in [0.3, 0.4) is 0 Å². The molecule has 0 radical (unpaired) electrons. The Kier molecular flexibility index (Phi) is 6.29. The van der Waals surface area contributed by atoms with Crippen LogP contribution in [0.1, 0.15) is 41.4 Å². The summed E-state index contributed by atoms with van der Waals surface area (Å²) in [5.74, 6) is 1.31. The first-order chi connectivity index (χ1) is 14.0. The summed E-state index contributed by atoms with van der Waals surface area (Å²) in [5.41, 5.74) is 6.39. The van der Waals surface area contributed by atoms with Crippen molar-refractivity contribution in [3.05, 3.63) is 65.4 Å². The molecular formula is C22H24N4O3. The average molecular weight is 392 g/mol. The van der Waals surface area contributed by atoms with Crippen molar-refractivity contribution in [2.75, 3.05) is 14.2 Å². The number of amides is 1. The predicted octanol–water partition coefficient (Wildman–Crippen LogP) is 3.98. The number of aromatic amines is 1. The second-order valence-electron chi connectivity index (χ2n) is 6.76. The Bertz CT molecular complexity index is 1010. The number of nitrogens with one attached hydrogen (secondary N) is 2. The third kappa shape index (κ3) is 4.82. The quantitative estimate of drug-likeness (QED) is 0.470. The number of methoxy groups -OCH3 is 2. The fourth-order valence-electron chi connectivity index (χ4n) is 2.77. The zero-order chi connectivity index (χ0) is 20.8. The van der Waals surface area contributed by atoms with Crippen LogP contribution >= 0.6 is 0 Å². The molecule has 7 heteroatoms. The van der Waals surface area contributed by atoms with Crippen LogP contribution in [0.5, 0.6) is 11.5 Å². The van der Waals surface area contributed by atoms with E-state index in [1.54, 1.807) is 38.6 Å². The van der Waals surface area contributed by atoms with Gasteiger partial charge in [0.2, 0.25) is 0 Å². The van der Waals surface area contributed by atoms with Crippen LogP contribution < -0.4 is 14.9 Å². The van der Waals surface area contributed by atoms with Gasteiger partial charge in [-0.1, -0.05) is 38.1 Å². The zero-order valence-electron chi connectivity index (χ0n) is 16.9. The van der Waals surface area contributed by atoms with Crippen LogP contribution in [0.15, 0.2) is 53.6 Å². The van der Waals surface area contributed by atoms with Crippen molar-refractivity contribution in [2.24, 2.45) is 5.10 Å². The first-order valence-corrected chi connectivity index (χ1v) is 9.23. The monoisotopic (exact) mass is 392 g/mol. The molecule has 150 valence electrons. The first-order valence-electron chi connectivity index (χ1n) is 9.23. The highest BCUT2D eigenvalue weighted by Gasteiger charge is 2.12. The Labute approximate surface area is 169 Å². The van der Waals surface area contributed by atoms with Gasteiger partial charge in [0.25, 0.3) is 5.91 Å². The second kappa shape index (κ2) is 9.05. The van der Waals surface area contributed by atoms with E-state index in [0.29, 0.717) is 28.8 Å². The Balaban J connectivity index is 1.66. The maximum absolute atomic E-state index is 12.3. The molecule has 1 amide bonds. The van der Waals surface area contributed by atoms with Crippen LogP contribution in [-0.2, 0) is 0 Å². The lowest BCUT2D eigenvalue weighted by molar-refractivity contribution is 0.0950. The largest absolute Gasteiger partial charge is 0.493 e. The SMILES string of the molecule is COc1ccc(-c2cc(C(=O)NN=Cc3ccc(C(C)C)cc3)[nH]n2)cc1OC. The number of aromatic nitrogens is 2. The number of carbonyl (C=O) groups is 1. The minimum atomic E-state index is -0.376. The van der Waals surface area contributed by atoms with E-state index in [1.807, 2.05) is 18.2 Å². The van der Waals surface area contributed by atoms with E-state index in [-0.39, 0.29) is 5.91 Å². The smallest absolute Gasteiger partial charge is 0.289 e. The number of hydrazone groups is 1. The van der Waals surface area contributed by atoms with Gasteiger partial charge in [-0.05, 0) is 41.3 Å². The molecule has 0 fully saturated rings. The molecule has 2 N–H and O–H groups in total. The van der Waals surface area contributed by atoms with Gasteiger partial charge in [0, 0.05) is 5.56 Å². The molecule has 0 bridgehead atoms. The highest BCUT2D eigenvalue weighted by molar-refractivity contribution is 5.94. The molecule has 0 saturated carbocycles. The van der Waals surface area contributed by atoms with Crippen molar-refractivity contribution >= 4 is 12.1 Å². The highest BCUT2D eigenvalue weighted by atomic mass is 16.5. The number of nitrogens with zero attached hydrogens (tertiary/aromatic N) is 2. The molecule has 3 rings (SSSR count). The molecule has 0 aliphatic carbocycles. The summed E-state index contributed by atoms with van der Waals surface area (Å²) in [5, 5.41) is 10.9. The normalized spacial score (nSPS) is 11.1. The van der Waals surface area contributed by atoms with E-state index in [2.05, 4.69) is 46.7 Å². The molecule has 0 atom stereocenters. The number of hydrogen-bond acceptors (Lipinski definition) is 5. The molecule has 1 heterocycles. The second-order valence-corrected chi connectivity index (χ2v) is 6.76. The Morgan fingerprint density at radius 2 is 1.79 bits per heavy atom. The Hall–Kier alpha value is -3.61. The van der Waals surface area contributed by atoms with E-state index in [0.717, 1.165) is 11.1 Å². The third-order valence-corrected chi connectivity index (χ3v) is 4.48. The van der Waals surface area contributed by atoms with Crippen LogP contribution in [0.4, 0.5) is 0 Å². The van der Waals surface area contributed by atoms with Crippen LogP contribution in [0, 0.1) is 0 Å². The number of H-pyrrole nitrogens is 1. The lowest BCUT2D eigenvalue weighted by Crippen LogP contribution is -2.18. The predicted molar refractivity (Wildman–Crippen MR) is 113 cm³/mol. The van der Waals surface area contributed by atoms with Gasteiger partial charge in [-0.3, -0.25) is 9.89 Å². The van der Waals surface area contributed by atoms with Crippen molar-refractivity contribution in [3.8, 4) is 22.8 Å². The molecule has 0 aliphatic heterocycles. The maximum Gasteiger partial charge on any atom is 0.289 e. The van der Waals surface area contributed by atoms with Gasteiger partial charge < -0.3 is 9.47 Å². The molecule has 0 saturated heterocycles. The molecule has 0 spiro atoms. The van der Waals surface area contributed by atoms with Crippen LogP contribution in [0.2, 0.25) is 0 Å². The number of hydrogen-bond donors (Lipinski definition) is 2. The fraction of sp³-hybridized carbons (Fsp3) is 0.227. The summed E-state index contributed by atoms with van der Waals surface area (Å²) in [7, 11) is 3.15. The van der Waals surface area contributed by atoms with E-state index in [1.165, 1.54) is 5.56 Å². The standard InChI is InChI=1S/C22H24N4O3/c1-14(2)16-7-5-15(6-8-16)13-23-26-22(27)19-12-18(24-25-19)17-9-10-20(28-3)21(11-17)29-4/h5-14H,1-4H3,(H,24,25)(H,26,27). The molecule has 3 aromatic rings. The van der Waals surface area contributed by atoms with Gasteiger partial charge in [-0.15, -0.1) is 0 Å². The molecular weight excluding hydrogens is 368 g/mol. The zero-order valence-corrected chi connectivity index (χ0v) is 16.9. The van der Waals surface area contributed by atoms with Gasteiger partial charge in [0.05, 0.1) is 26.1 Å². The lowest BCUT2D eigenvalue weighted by atomic mass is 10.0. The van der Waals surface area contributed by atoms with Crippen LogP contribution in [0.25, 0.3) is 11.3 Å². The summed E-state index contributed by atoms with van der Waals surface area (Å²) >= 11 is 0. The number of benzene rings is 2. The maximum atomic E-state index is 12.3. The lowest BCUT2D eigenvalue weighted by Gasteiger charge is -2.08. The third-order valence-electron chi connectivity index (χ3n) is 4.48. The molecule has 29 heavy (non-hydrogen) atoms. The summed E-state index contributed by atoms with van der Waals surface area (Å²) < 4.78 is 10.5. The van der Waals surface area contributed by atoms with Gasteiger partial charge in [0.15, 0.2) is 11.5 Å². The number of carbonyl (C=O) groups excluding carboxylic acids is 1. The van der Waals surface area contributed by atoms with E-state index in [4.69, 9.17) is 9.47 Å². The van der Waals surface area contributed by atoms with E-state index < -0.39 is 0 Å². The molecule has 2 aromatic carbocycles.